The standard InChI is InChI=1S/C21H26N2O/c1-3-23(4-2)20(24)21(17-13-9-6-10-14-17)15-18(21)19(22)16-11-7-5-8-12-16/h5-14,18-19H,3-4,15,22H2,1-2H3/t18-,19?,21+/m0/s1. The average Bonchev–Trinajstić information content (AvgIpc) is 3.40. The molecule has 0 aliphatic heterocycles. The maximum atomic E-state index is 13.3. The van der Waals surface area contributed by atoms with Crippen molar-refractivity contribution in [3.05, 3.63) is 71.8 Å². The lowest BCUT2D eigenvalue weighted by Crippen LogP contribution is -2.41. The Balaban J connectivity index is 1.96. The zero-order chi connectivity index (χ0) is 17.2. The number of benzene rings is 2. The van der Waals surface area contributed by atoms with Crippen molar-refractivity contribution in [2.75, 3.05) is 13.1 Å². The molecule has 0 saturated heterocycles. The Kier molecular flexibility index (Phi) is 4.72. The predicted molar refractivity (Wildman–Crippen MR) is 97.5 cm³/mol. The molecule has 0 radical (unpaired) electrons. The van der Waals surface area contributed by atoms with Crippen LogP contribution < -0.4 is 5.73 Å². The fourth-order valence-electron chi connectivity index (χ4n) is 3.86. The number of hydrogen-bond donors (Lipinski definition) is 1. The van der Waals surface area contributed by atoms with Crippen molar-refractivity contribution in [2.24, 2.45) is 11.7 Å². The van der Waals surface area contributed by atoms with Gasteiger partial charge in [-0.3, -0.25) is 4.79 Å². The second-order valence-electron chi connectivity index (χ2n) is 6.56. The zero-order valence-corrected chi connectivity index (χ0v) is 14.5. The van der Waals surface area contributed by atoms with Gasteiger partial charge in [-0.15, -0.1) is 0 Å². The van der Waals surface area contributed by atoms with E-state index in [-0.39, 0.29) is 17.9 Å². The maximum Gasteiger partial charge on any atom is 0.233 e. The summed E-state index contributed by atoms with van der Waals surface area (Å²) in [5.74, 6) is 0.366. The molecule has 0 aromatic heterocycles. The van der Waals surface area contributed by atoms with Gasteiger partial charge in [0.15, 0.2) is 0 Å². The number of rotatable bonds is 6. The van der Waals surface area contributed by atoms with Gasteiger partial charge in [-0.25, -0.2) is 0 Å². The molecule has 24 heavy (non-hydrogen) atoms. The summed E-state index contributed by atoms with van der Waals surface area (Å²) in [6.45, 7) is 5.54. The third kappa shape index (κ3) is 2.73. The van der Waals surface area contributed by atoms with Gasteiger partial charge in [-0.1, -0.05) is 60.7 Å². The molecule has 0 heterocycles. The maximum absolute atomic E-state index is 13.3. The lowest BCUT2D eigenvalue weighted by Gasteiger charge is -2.28. The van der Waals surface area contributed by atoms with Gasteiger partial charge in [0.2, 0.25) is 5.91 Å². The molecule has 0 bridgehead atoms. The van der Waals surface area contributed by atoms with Gasteiger partial charge >= 0.3 is 0 Å². The van der Waals surface area contributed by atoms with Crippen molar-refractivity contribution in [3.8, 4) is 0 Å². The van der Waals surface area contributed by atoms with E-state index in [2.05, 4.69) is 24.3 Å². The first-order valence-electron chi connectivity index (χ1n) is 8.80. The van der Waals surface area contributed by atoms with Gasteiger partial charge in [0.25, 0.3) is 0 Å². The monoisotopic (exact) mass is 322 g/mol. The number of nitrogens with zero attached hydrogens (tertiary/aromatic N) is 1. The van der Waals surface area contributed by atoms with Gasteiger partial charge in [0.1, 0.15) is 0 Å². The second-order valence-corrected chi connectivity index (χ2v) is 6.56. The molecule has 1 amide bonds. The zero-order valence-electron chi connectivity index (χ0n) is 14.5. The second kappa shape index (κ2) is 6.78. The Hall–Kier alpha value is -2.13. The minimum atomic E-state index is -0.470. The van der Waals surface area contributed by atoms with Crippen LogP contribution in [0.3, 0.4) is 0 Å². The summed E-state index contributed by atoms with van der Waals surface area (Å²) in [4.78, 5) is 15.2. The molecular weight excluding hydrogens is 296 g/mol. The Morgan fingerprint density at radius 3 is 2.17 bits per heavy atom. The molecule has 126 valence electrons. The van der Waals surface area contributed by atoms with Crippen LogP contribution in [0.1, 0.15) is 37.4 Å². The average molecular weight is 322 g/mol. The molecule has 2 aromatic carbocycles. The van der Waals surface area contributed by atoms with Gasteiger partial charge < -0.3 is 10.6 Å². The molecule has 1 aliphatic carbocycles. The number of nitrogens with two attached hydrogens (primary N) is 1. The Morgan fingerprint density at radius 1 is 1.08 bits per heavy atom. The third-order valence-corrected chi connectivity index (χ3v) is 5.35. The van der Waals surface area contributed by atoms with E-state index in [1.54, 1.807) is 0 Å². The highest BCUT2D eigenvalue weighted by Gasteiger charge is 2.63. The number of likely N-dealkylation sites (N-methyl/N-ethyl adjacent to an activating group) is 1. The van der Waals surface area contributed by atoms with Crippen molar-refractivity contribution in [3.63, 3.8) is 0 Å². The normalized spacial score (nSPS) is 23.5. The highest BCUT2D eigenvalue weighted by atomic mass is 16.2. The number of carbonyl (C=O) groups is 1. The van der Waals surface area contributed by atoms with E-state index in [0.717, 1.165) is 30.6 Å². The van der Waals surface area contributed by atoms with Crippen molar-refractivity contribution >= 4 is 5.91 Å². The topological polar surface area (TPSA) is 46.3 Å². The van der Waals surface area contributed by atoms with Gasteiger partial charge in [-0.05, 0) is 37.3 Å². The molecule has 3 heteroatoms. The fourth-order valence-corrected chi connectivity index (χ4v) is 3.86. The molecule has 1 fully saturated rings. The molecular formula is C21H26N2O. The molecule has 3 nitrogen and oxygen atoms in total. The summed E-state index contributed by atoms with van der Waals surface area (Å²) in [6, 6.07) is 20.2. The minimum Gasteiger partial charge on any atom is -0.342 e. The lowest BCUT2D eigenvalue weighted by atomic mass is 9.87. The molecule has 2 aromatic rings. The molecule has 3 rings (SSSR count). The van der Waals surface area contributed by atoms with Crippen molar-refractivity contribution in [1.29, 1.82) is 0 Å². The van der Waals surface area contributed by atoms with Crippen LogP contribution in [0.25, 0.3) is 0 Å². The first-order valence-corrected chi connectivity index (χ1v) is 8.80. The van der Waals surface area contributed by atoms with Crippen LogP contribution in [0.4, 0.5) is 0 Å². The minimum absolute atomic E-state index is 0.120. The van der Waals surface area contributed by atoms with Crippen LogP contribution in [0.5, 0.6) is 0 Å². The number of hydrogen-bond acceptors (Lipinski definition) is 2. The van der Waals surface area contributed by atoms with Crippen LogP contribution in [0.2, 0.25) is 0 Å². The van der Waals surface area contributed by atoms with E-state index in [9.17, 15) is 4.79 Å². The fraction of sp³-hybridized carbons (Fsp3) is 0.381. The van der Waals surface area contributed by atoms with E-state index in [1.165, 1.54) is 0 Å². The first kappa shape index (κ1) is 16.7. The Morgan fingerprint density at radius 2 is 1.62 bits per heavy atom. The number of carbonyl (C=O) groups excluding carboxylic acids is 1. The first-order chi connectivity index (χ1) is 11.6. The van der Waals surface area contributed by atoms with E-state index in [4.69, 9.17) is 5.73 Å². The smallest absolute Gasteiger partial charge is 0.233 e. The summed E-state index contributed by atoms with van der Waals surface area (Å²) >= 11 is 0. The molecule has 1 saturated carbocycles. The summed E-state index contributed by atoms with van der Waals surface area (Å²) in [5, 5.41) is 0. The summed E-state index contributed by atoms with van der Waals surface area (Å²) in [6.07, 6.45) is 0.822. The molecule has 0 spiro atoms. The van der Waals surface area contributed by atoms with Gasteiger partial charge in [0, 0.05) is 19.1 Å². The third-order valence-electron chi connectivity index (χ3n) is 5.35. The summed E-state index contributed by atoms with van der Waals surface area (Å²) in [5.41, 5.74) is 8.29. The number of amides is 1. The largest absolute Gasteiger partial charge is 0.342 e. The van der Waals surface area contributed by atoms with E-state index in [0.29, 0.717) is 0 Å². The molecule has 1 aliphatic rings. The van der Waals surface area contributed by atoms with Crippen LogP contribution in [0, 0.1) is 5.92 Å². The van der Waals surface area contributed by atoms with E-state index >= 15 is 0 Å². The summed E-state index contributed by atoms with van der Waals surface area (Å²) < 4.78 is 0. The Labute approximate surface area is 144 Å². The predicted octanol–water partition coefficient (Wildman–Crippen LogP) is 3.51. The summed E-state index contributed by atoms with van der Waals surface area (Å²) in [7, 11) is 0. The van der Waals surface area contributed by atoms with Gasteiger partial charge in [0.05, 0.1) is 5.41 Å². The van der Waals surface area contributed by atoms with Crippen molar-refractivity contribution in [2.45, 2.75) is 31.7 Å². The van der Waals surface area contributed by atoms with Crippen LogP contribution >= 0.6 is 0 Å². The van der Waals surface area contributed by atoms with E-state index < -0.39 is 5.41 Å². The van der Waals surface area contributed by atoms with Gasteiger partial charge in [-0.2, -0.15) is 0 Å². The SMILES string of the molecule is CCN(CC)C(=O)[C@@]1(c2ccccc2)C[C@H]1C(N)c1ccccc1. The lowest BCUT2D eigenvalue weighted by molar-refractivity contribution is -0.134. The Bertz CT molecular complexity index is 681. The highest BCUT2D eigenvalue weighted by Crippen LogP contribution is 2.60. The van der Waals surface area contributed by atoms with Crippen LogP contribution in [0.15, 0.2) is 60.7 Å². The van der Waals surface area contributed by atoms with Crippen LogP contribution in [-0.2, 0) is 10.2 Å². The van der Waals surface area contributed by atoms with Crippen molar-refractivity contribution in [1.82, 2.24) is 4.90 Å². The quantitative estimate of drug-likeness (QED) is 0.884. The van der Waals surface area contributed by atoms with E-state index in [1.807, 2.05) is 55.1 Å². The molecule has 3 atom stereocenters. The van der Waals surface area contributed by atoms with Crippen molar-refractivity contribution < 1.29 is 4.79 Å². The molecule has 2 N–H and O–H groups in total. The van der Waals surface area contributed by atoms with Crippen LogP contribution in [-0.4, -0.2) is 23.9 Å². The highest BCUT2D eigenvalue weighted by molar-refractivity contribution is 5.92. The molecule has 1 unspecified atom stereocenters.